The molecule has 1 aromatic rings. The van der Waals surface area contributed by atoms with E-state index in [1.165, 1.54) is 0 Å². The van der Waals surface area contributed by atoms with Crippen molar-refractivity contribution in [1.29, 1.82) is 0 Å². The third kappa shape index (κ3) is 5.89. The van der Waals surface area contributed by atoms with Gasteiger partial charge in [-0.2, -0.15) is 9.97 Å². The van der Waals surface area contributed by atoms with E-state index in [4.69, 9.17) is 5.73 Å². The van der Waals surface area contributed by atoms with Crippen LogP contribution in [-0.4, -0.2) is 35.0 Å². The largest absolute Gasteiger partial charge is 0.370 e. The number of nitrogens with zero attached hydrogens (tertiary/aromatic N) is 2. The van der Waals surface area contributed by atoms with Gasteiger partial charge in [-0.15, -0.1) is 0 Å². The highest BCUT2D eigenvalue weighted by Gasteiger charge is 2.04. The van der Waals surface area contributed by atoms with E-state index >= 15 is 0 Å². The maximum Gasteiger partial charge on any atom is 0.223 e. The summed E-state index contributed by atoms with van der Waals surface area (Å²) in [7, 11) is 0. The van der Waals surface area contributed by atoms with Crippen molar-refractivity contribution in [2.24, 2.45) is 0 Å². The first-order valence-corrected chi connectivity index (χ1v) is 6.43. The van der Waals surface area contributed by atoms with Crippen molar-refractivity contribution >= 4 is 23.5 Å². The maximum absolute atomic E-state index is 11.5. The van der Waals surface area contributed by atoms with Gasteiger partial charge in [0.2, 0.25) is 11.9 Å². The molecule has 0 fully saturated rings. The number of carbonyl (C=O) groups is 1. The molecule has 1 rings (SSSR count). The van der Waals surface area contributed by atoms with E-state index in [0.29, 0.717) is 24.6 Å². The van der Waals surface area contributed by atoms with Gasteiger partial charge in [0, 0.05) is 31.6 Å². The van der Waals surface area contributed by atoms with Gasteiger partial charge in [0.15, 0.2) is 0 Å². The predicted molar refractivity (Wildman–Crippen MR) is 77.0 cm³/mol. The lowest BCUT2D eigenvalue weighted by Crippen LogP contribution is -2.31. The highest BCUT2D eigenvalue weighted by molar-refractivity contribution is 5.76. The lowest BCUT2D eigenvalue weighted by Gasteiger charge is -2.10. The number of hydrogen-bond acceptors (Lipinski definition) is 6. The molecule has 19 heavy (non-hydrogen) atoms. The Labute approximate surface area is 113 Å². The van der Waals surface area contributed by atoms with Crippen LogP contribution < -0.4 is 21.7 Å². The van der Waals surface area contributed by atoms with Crippen LogP contribution in [-0.2, 0) is 4.79 Å². The Morgan fingerprint density at radius 3 is 2.53 bits per heavy atom. The second-order valence-electron chi connectivity index (χ2n) is 4.43. The van der Waals surface area contributed by atoms with Crippen molar-refractivity contribution in [1.82, 2.24) is 15.3 Å². The SMILES string of the molecule is CCNc1cc(NCCC(=O)NC(C)C)nc(N)n1. The summed E-state index contributed by atoms with van der Waals surface area (Å²) in [6, 6.07) is 1.92. The van der Waals surface area contributed by atoms with E-state index in [1.54, 1.807) is 6.07 Å². The van der Waals surface area contributed by atoms with Gasteiger partial charge in [-0.1, -0.05) is 0 Å². The highest BCUT2D eigenvalue weighted by Crippen LogP contribution is 2.11. The molecule has 1 aromatic heterocycles. The minimum absolute atomic E-state index is 0.0106. The minimum atomic E-state index is 0.0106. The molecular formula is C12H22N6O. The third-order valence-electron chi connectivity index (χ3n) is 2.21. The van der Waals surface area contributed by atoms with Crippen molar-refractivity contribution in [2.75, 3.05) is 29.5 Å². The molecule has 0 radical (unpaired) electrons. The summed E-state index contributed by atoms with van der Waals surface area (Å²) in [6.45, 7) is 7.09. The second kappa shape index (κ2) is 7.40. The van der Waals surface area contributed by atoms with Gasteiger partial charge in [-0.25, -0.2) is 0 Å². The van der Waals surface area contributed by atoms with E-state index in [9.17, 15) is 4.79 Å². The Morgan fingerprint density at radius 2 is 1.95 bits per heavy atom. The average molecular weight is 266 g/mol. The van der Waals surface area contributed by atoms with Crippen LogP contribution in [0, 0.1) is 0 Å². The first kappa shape index (κ1) is 15.0. The van der Waals surface area contributed by atoms with Crippen LogP contribution in [0.1, 0.15) is 27.2 Å². The minimum Gasteiger partial charge on any atom is -0.370 e. The first-order chi connectivity index (χ1) is 9.01. The average Bonchev–Trinajstić information content (AvgIpc) is 2.27. The van der Waals surface area contributed by atoms with E-state index < -0.39 is 0 Å². The van der Waals surface area contributed by atoms with Crippen molar-refractivity contribution in [3.8, 4) is 0 Å². The topological polar surface area (TPSA) is 105 Å². The molecule has 0 saturated heterocycles. The molecule has 0 aromatic carbocycles. The summed E-state index contributed by atoms with van der Waals surface area (Å²) in [6.07, 6.45) is 0.388. The molecule has 0 unspecified atom stereocenters. The molecule has 0 aliphatic rings. The molecule has 5 N–H and O–H groups in total. The standard InChI is InChI=1S/C12H22N6O/c1-4-14-9-7-10(18-12(13)17-9)15-6-5-11(19)16-8(2)3/h7-8H,4-6H2,1-3H3,(H,16,19)(H4,13,14,15,17,18). The molecule has 0 aliphatic carbocycles. The lowest BCUT2D eigenvalue weighted by molar-refractivity contribution is -0.121. The van der Waals surface area contributed by atoms with Crippen LogP contribution in [0.4, 0.5) is 17.6 Å². The summed E-state index contributed by atoms with van der Waals surface area (Å²) in [5.41, 5.74) is 5.61. The van der Waals surface area contributed by atoms with Gasteiger partial charge in [0.25, 0.3) is 0 Å². The normalized spacial score (nSPS) is 10.3. The van der Waals surface area contributed by atoms with E-state index in [0.717, 1.165) is 6.54 Å². The summed E-state index contributed by atoms with van der Waals surface area (Å²) in [4.78, 5) is 19.6. The van der Waals surface area contributed by atoms with Crippen molar-refractivity contribution in [3.05, 3.63) is 6.07 Å². The fourth-order valence-electron chi connectivity index (χ4n) is 1.53. The van der Waals surface area contributed by atoms with Gasteiger partial charge >= 0.3 is 0 Å². The number of nitrogens with one attached hydrogen (secondary N) is 3. The highest BCUT2D eigenvalue weighted by atomic mass is 16.1. The zero-order valence-electron chi connectivity index (χ0n) is 11.7. The third-order valence-corrected chi connectivity index (χ3v) is 2.21. The Balaban J connectivity index is 2.46. The van der Waals surface area contributed by atoms with Gasteiger partial charge in [-0.3, -0.25) is 4.79 Å². The lowest BCUT2D eigenvalue weighted by atomic mass is 10.3. The van der Waals surface area contributed by atoms with E-state index in [1.807, 2.05) is 20.8 Å². The molecule has 0 atom stereocenters. The summed E-state index contributed by atoms with van der Waals surface area (Å²) < 4.78 is 0. The molecule has 1 amide bonds. The van der Waals surface area contributed by atoms with Crippen LogP contribution in [0.2, 0.25) is 0 Å². The fraction of sp³-hybridized carbons (Fsp3) is 0.583. The number of aromatic nitrogens is 2. The van der Waals surface area contributed by atoms with Crippen LogP contribution in [0.15, 0.2) is 6.07 Å². The van der Waals surface area contributed by atoms with E-state index in [-0.39, 0.29) is 17.9 Å². The zero-order chi connectivity index (χ0) is 14.3. The molecule has 106 valence electrons. The monoisotopic (exact) mass is 266 g/mol. The molecule has 0 spiro atoms. The summed E-state index contributed by atoms with van der Waals surface area (Å²) in [5.74, 6) is 1.49. The molecular weight excluding hydrogens is 244 g/mol. The van der Waals surface area contributed by atoms with Crippen molar-refractivity contribution in [3.63, 3.8) is 0 Å². The molecule has 1 heterocycles. The quantitative estimate of drug-likeness (QED) is 0.582. The van der Waals surface area contributed by atoms with E-state index in [2.05, 4.69) is 25.9 Å². The first-order valence-electron chi connectivity index (χ1n) is 6.43. The zero-order valence-corrected chi connectivity index (χ0v) is 11.7. The van der Waals surface area contributed by atoms with Gasteiger partial charge < -0.3 is 21.7 Å². The number of anilines is 3. The number of rotatable bonds is 7. The number of carbonyl (C=O) groups excluding carboxylic acids is 1. The molecule has 7 heteroatoms. The van der Waals surface area contributed by atoms with Gasteiger partial charge in [-0.05, 0) is 20.8 Å². The Morgan fingerprint density at radius 1 is 1.32 bits per heavy atom. The number of nitrogens with two attached hydrogens (primary N) is 1. The summed E-state index contributed by atoms with van der Waals surface area (Å²) in [5, 5.41) is 8.94. The molecule has 0 bridgehead atoms. The molecule has 7 nitrogen and oxygen atoms in total. The van der Waals surface area contributed by atoms with Crippen LogP contribution in [0.3, 0.4) is 0 Å². The molecule has 0 saturated carbocycles. The predicted octanol–water partition coefficient (Wildman–Crippen LogP) is 0.817. The summed E-state index contributed by atoms with van der Waals surface area (Å²) >= 11 is 0. The number of nitrogen functional groups attached to an aromatic ring is 1. The fourth-order valence-corrected chi connectivity index (χ4v) is 1.53. The van der Waals surface area contributed by atoms with Crippen LogP contribution >= 0.6 is 0 Å². The maximum atomic E-state index is 11.5. The number of hydrogen-bond donors (Lipinski definition) is 4. The second-order valence-corrected chi connectivity index (χ2v) is 4.43. The Bertz CT molecular complexity index is 421. The van der Waals surface area contributed by atoms with Crippen LogP contribution in [0.5, 0.6) is 0 Å². The number of amides is 1. The smallest absolute Gasteiger partial charge is 0.223 e. The van der Waals surface area contributed by atoms with Gasteiger partial charge in [0.05, 0.1) is 0 Å². The Hall–Kier alpha value is -2.05. The van der Waals surface area contributed by atoms with Crippen molar-refractivity contribution in [2.45, 2.75) is 33.2 Å². The van der Waals surface area contributed by atoms with Gasteiger partial charge in [0.1, 0.15) is 11.6 Å². The Kier molecular flexibility index (Phi) is 5.84. The van der Waals surface area contributed by atoms with Crippen molar-refractivity contribution < 1.29 is 4.79 Å². The molecule has 0 aliphatic heterocycles. The van der Waals surface area contributed by atoms with Crippen LogP contribution in [0.25, 0.3) is 0 Å².